The number of alkyl halides is 3. The molecule has 0 bridgehead atoms. The maximum Gasteiger partial charge on any atom is 0.501 e. The molecule has 0 aliphatic heterocycles. The molecule has 1 rings (SSSR count). The Labute approximate surface area is 153 Å². The third-order valence-corrected chi connectivity index (χ3v) is 4.64. The van der Waals surface area contributed by atoms with Gasteiger partial charge in [0.1, 0.15) is 0 Å². The Bertz CT molecular complexity index is 669. The molecule has 25 heavy (non-hydrogen) atoms. The Morgan fingerprint density at radius 3 is 2.16 bits per heavy atom. The zero-order valence-corrected chi connectivity index (χ0v) is 16.0. The fourth-order valence-corrected chi connectivity index (χ4v) is 2.72. The molecule has 0 radical (unpaired) electrons. The van der Waals surface area contributed by atoms with Crippen LogP contribution in [0.4, 0.5) is 13.2 Å². The van der Waals surface area contributed by atoms with E-state index in [-0.39, 0.29) is 23.2 Å². The zero-order valence-electron chi connectivity index (χ0n) is 13.6. The van der Waals surface area contributed by atoms with E-state index in [1.54, 1.807) is 26.0 Å². The average molecular weight is 446 g/mol. The SMILES string of the molecule is CCOC(CN/C(=C\S(=O)(=O)C(F)(F)F)c1ccc(Br)cc1)OCC. The molecule has 142 valence electrons. The minimum Gasteiger partial charge on any atom is -0.379 e. The van der Waals surface area contributed by atoms with Crippen LogP contribution in [0, 0.1) is 0 Å². The highest BCUT2D eigenvalue weighted by Crippen LogP contribution is 2.27. The van der Waals surface area contributed by atoms with Crippen molar-refractivity contribution in [2.45, 2.75) is 25.6 Å². The van der Waals surface area contributed by atoms with Crippen molar-refractivity contribution in [1.82, 2.24) is 5.32 Å². The number of nitrogens with one attached hydrogen (secondary N) is 1. The highest BCUT2D eigenvalue weighted by atomic mass is 79.9. The maximum absolute atomic E-state index is 12.7. The van der Waals surface area contributed by atoms with Crippen LogP contribution < -0.4 is 5.32 Å². The Morgan fingerprint density at radius 2 is 1.72 bits per heavy atom. The second-order valence-electron chi connectivity index (χ2n) is 4.75. The summed E-state index contributed by atoms with van der Waals surface area (Å²) in [6.45, 7) is 4.14. The number of rotatable bonds is 9. The zero-order chi connectivity index (χ0) is 19.1. The molecule has 1 N–H and O–H groups in total. The first-order chi connectivity index (χ1) is 11.6. The van der Waals surface area contributed by atoms with Crippen molar-refractivity contribution in [3.63, 3.8) is 0 Å². The second-order valence-corrected chi connectivity index (χ2v) is 7.45. The highest BCUT2D eigenvalue weighted by Gasteiger charge is 2.44. The van der Waals surface area contributed by atoms with Gasteiger partial charge in [0.15, 0.2) is 6.29 Å². The van der Waals surface area contributed by atoms with Gasteiger partial charge in [-0.05, 0) is 31.5 Å². The number of hydrogen-bond acceptors (Lipinski definition) is 5. The van der Waals surface area contributed by atoms with Crippen molar-refractivity contribution >= 4 is 31.5 Å². The van der Waals surface area contributed by atoms with E-state index in [2.05, 4.69) is 21.2 Å². The van der Waals surface area contributed by atoms with Gasteiger partial charge in [0.25, 0.3) is 9.84 Å². The highest BCUT2D eigenvalue weighted by molar-refractivity contribution is 9.10. The van der Waals surface area contributed by atoms with Crippen molar-refractivity contribution in [1.29, 1.82) is 0 Å². The molecule has 1 aromatic rings. The van der Waals surface area contributed by atoms with Crippen molar-refractivity contribution in [3.8, 4) is 0 Å². The number of sulfone groups is 1. The lowest BCUT2D eigenvalue weighted by Crippen LogP contribution is -2.31. The quantitative estimate of drug-likeness (QED) is 0.587. The fraction of sp³-hybridized carbons (Fsp3) is 0.467. The predicted molar refractivity (Wildman–Crippen MR) is 92.1 cm³/mol. The van der Waals surface area contributed by atoms with Crippen molar-refractivity contribution in [3.05, 3.63) is 39.7 Å². The third-order valence-electron chi connectivity index (χ3n) is 2.92. The molecule has 0 fully saturated rings. The van der Waals surface area contributed by atoms with Gasteiger partial charge >= 0.3 is 5.51 Å². The van der Waals surface area contributed by atoms with Crippen LogP contribution in [0.25, 0.3) is 5.70 Å². The van der Waals surface area contributed by atoms with Gasteiger partial charge in [-0.1, -0.05) is 28.1 Å². The normalized spacial score (nSPS) is 13.3. The summed E-state index contributed by atoms with van der Waals surface area (Å²) in [5.74, 6) is 0. The molecule has 0 saturated carbocycles. The Kier molecular flexibility index (Phi) is 8.39. The molecule has 0 amide bonds. The lowest BCUT2D eigenvalue weighted by molar-refractivity contribution is -0.131. The molecule has 0 aliphatic carbocycles. The van der Waals surface area contributed by atoms with Crippen LogP contribution in [0.15, 0.2) is 34.1 Å². The summed E-state index contributed by atoms with van der Waals surface area (Å²) in [5.41, 5.74) is -5.30. The van der Waals surface area contributed by atoms with Gasteiger partial charge in [-0.2, -0.15) is 13.2 Å². The number of hydrogen-bond donors (Lipinski definition) is 1. The molecule has 0 aromatic heterocycles. The fourth-order valence-electron chi connectivity index (χ4n) is 1.79. The minimum atomic E-state index is -5.45. The van der Waals surface area contributed by atoms with Crippen molar-refractivity contribution < 1.29 is 31.1 Å². The average Bonchev–Trinajstić information content (AvgIpc) is 2.51. The van der Waals surface area contributed by atoms with E-state index in [4.69, 9.17) is 9.47 Å². The smallest absolute Gasteiger partial charge is 0.379 e. The molecule has 0 atom stereocenters. The molecule has 5 nitrogen and oxygen atoms in total. The number of benzene rings is 1. The summed E-state index contributed by atoms with van der Waals surface area (Å²) in [5, 5.41) is 2.84. The summed E-state index contributed by atoms with van der Waals surface area (Å²) in [7, 11) is -5.45. The minimum absolute atomic E-state index is 0.0169. The topological polar surface area (TPSA) is 64.6 Å². The summed E-state index contributed by atoms with van der Waals surface area (Å²) >= 11 is 3.21. The van der Waals surface area contributed by atoms with Crippen LogP contribution >= 0.6 is 15.9 Å². The van der Waals surface area contributed by atoms with Gasteiger partial charge in [0.2, 0.25) is 0 Å². The first kappa shape index (κ1) is 21.9. The van der Waals surface area contributed by atoms with Crippen LogP contribution in [0.3, 0.4) is 0 Å². The molecule has 10 heteroatoms. The first-order valence-corrected chi connectivity index (χ1v) is 9.70. The van der Waals surface area contributed by atoms with Gasteiger partial charge < -0.3 is 14.8 Å². The molecule has 0 heterocycles. The van der Waals surface area contributed by atoms with Gasteiger partial charge in [0.05, 0.1) is 17.6 Å². The van der Waals surface area contributed by atoms with E-state index in [1.807, 2.05) is 0 Å². The number of halogens is 4. The lowest BCUT2D eigenvalue weighted by atomic mass is 10.2. The first-order valence-electron chi connectivity index (χ1n) is 7.36. The van der Waals surface area contributed by atoms with Crippen molar-refractivity contribution in [2.75, 3.05) is 19.8 Å². The van der Waals surface area contributed by atoms with Crippen LogP contribution in [0.5, 0.6) is 0 Å². The summed E-state index contributed by atoms with van der Waals surface area (Å²) in [6.07, 6.45) is -0.720. The van der Waals surface area contributed by atoms with Crippen molar-refractivity contribution in [2.24, 2.45) is 0 Å². The lowest BCUT2D eigenvalue weighted by Gasteiger charge is -2.20. The molecular weight excluding hydrogens is 427 g/mol. The maximum atomic E-state index is 12.7. The van der Waals surface area contributed by atoms with E-state index >= 15 is 0 Å². The van der Waals surface area contributed by atoms with Crippen LogP contribution in [-0.2, 0) is 19.3 Å². The summed E-state index contributed by atoms with van der Waals surface area (Å²) < 4.78 is 72.4. The van der Waals surface area contributed by atoms with E-state index < -0.39 is 21.6 Å². The molecule has 0 spiro atoms. The monoisotopic (exact) mass is 445 g/mol. The van der Waals surface area contributed by atoms with E-state index in [0.717, 1.165) is 0 Å². The van der Waals surface area contributed by atoms with E-state index in [9.17, 15) is 21.6 Å². The van der Waals surface area contributed by atoms with E-state index in [1.165, 1.54) is 12.1 Å². The standard InChI is InChI=1S/C15H19BrF3NO4S/c1-3-23-14(24-4-2)9-20-13(10-25(21,22)15(17,18)19)11-5-7-12(16)8-6-11/h5-8,10,14,20H,3-4,9H2,1-2H3/b13-10-. The summed E-state index contributed by atoms with van der Waals surface area (Å²) in [6, 6.07) is 6.16. The molecular formula is C15H19BrF3NO4S. The molecule has 0 aliphatic rings. The van der Waals surface area contributed by atoms with Gasteiger partial charge in [-0.15, -0.1) is 0 Å². The van der Waals surface area contributed by atoms with Gasteiger partial charge in [-0.3, -0.25) is 0 Å². The van der Waals surface area contributed by atoms with Gasteiger partial charge in [-0.25, -0.2) is 8.42 Å². The Hall–Kier alpha value is -1.10. The predicted octanol–water partition coefficient (Wildman–Crippen LogP) is 3.67. The van der Waals surface area contributed by atoms with Crippen LogP contribution in [-0.4, -0.2) is 40.0 Å². The van der Waals surface area contributed by atoms with Gasteiger partial charge in [0, 0.05) is 17.7 Å². The molecule has 1 aromatic carbocycles. The third kappa shape index (κ3) is 6.96. The molecule has 0 unspecified atom stereocenters. The second kappa shape index (κ2) is 9.56. The number of ether oxygens (including phenoxy) is 2. The largest absolute Gasteiger partial charge is 0.501 e. The van der Waals surface area contributed by atoms with Crippen LogP contribution in [0.1, 0.15) is 19.4 Å². The van der Waals surface area contributed by atoms with E-state index in [0.29, 0.717) is 17.7 Å². The summed E-state index contributed by atoms with van der Waals surface area (Å²) in [4.78, 5) is 0. The Balaban J connectivity index is 3.14. The molecule has 0 saturated heterocycles. The van der Waals surface area contributed by atoms with Crippen LogP contribution in [0.2, 0.25) is 0 Å². The Morgan fingerprint density at radius 1 is 1.20 bits per heavy atom.